The van der Waals surface area contributed by atoms with Gasteiger partial charge in [-0.15, -0.1) is 0 Å². The summed E-state index contributed by atoms with van der Waals surface area (Å²) in [5.74, 6) is -1.05. The largest absolute Gasteiger partial charge is 0.354 e. The van der Waals surface area contributed by atoms with Gasteiger partial charge in [-0.1, -0.05) is 18.2 Å². The Hall–Kier alpha value is -2.76. The number of aromatic nitrogens is 1. The second-order valence-corrected chi connectivity index (χ2v) is 6.25. The summed E-state index contributed by atoms with van der Waals surface area (Å²) in [6.45, 7) is 2.31. The van der Waals surface area contributed by atoms with E-state index in [4.69, 9.17) is 0 Å². The van der Waals surface area contributed by atoms with Gasteiger partial charge in [-0.25, -0.2) is 0 Å². The number of pyridine rings is 1. The van der Waals surface area contributed by atoms with Crippen LogP contribution in [0.1, 0.15) is 45.7 Å². The second-order valence-electron chi connectivity index (χ2n) is 6.25. The molecular weight excluding hydrogens is 306 g/mol. The van der Waals surface area contributed by atoms with Crippen LogP contribution >= 0.6 is 0 Å². The van der Waals surface area contributed by atoms with Gasteiger partial charge in [0.25, 0.3) is 11.8 Å². The van der Waals surface area contributed by atoms with Crippen molar-refractivity contribution in [2.75, 3.05) is 6.54 Å². The maximum Gasteiger partial charge on any atom is 0.264 e. The molecule has 122 valence electrons. The number of rotatable bonds is 1. The van der Waals surface area contributed by atoms with E-state index in [2.05, 4.69) is 10.3 Å². The van der Waals surface area contributed by atoms with E-state index in [1.54, 1.807) is 13.0 Å². The summed E-state index contributed by atoms with van der Waals surface area (Å²) in [5.41, 5.74) is 1.91. The fourth-order valence-corrected chi connectivity index (χ4v) is 3.60. The van der Waals surface area contributed by atoms with Crippen LogP contribution in [0.3, 0.4) is 0 Å². The van der Waals surface area contributed by atoms with E-state index < -0.39 is 17.9 Å². The van der Waals surface area contributed by atoms with E-state index >= 15 is 0 Å². The first kappa shape index (κ1) is 14.8. The highest BCUT2D eigenvalue weighted by Gasteiger charge is 2.45. The van der Waals surface area contributed by atoms with Crippen molar-refractivity contribution in [1.82, 2.24) is 15.2 Å². The minimum absolute atomic E-state index is 0.253. The van der Waals surface area contributed by atoms with Crippen LogP contribution in [0.5, 0.6) is 0 Å². The quantitative estimate of drug-likeness (QED) is 0.812. The molecule has 0 radical (unpaired) electrons. The van der Waals surface area contributed by atoms with Crippen molar-refractivity contribution in [3.8, 4) is 0 Å². The molecule has 24 heavy (non-hydrogen) atoms. The lowest BCUT2D eigenvalue weighted by Gasteiger charge is -2.23. The van der Waals surface area contributed by atoms with Crippen LogP contribution in [0.25, 0.3) is 10.9 Å². The maximum atomic E-state index is 13.0. The van der Waals surface area contributed by atoms with E-state index in [0.717, 1.165) is 17.7 Å². The van der Waals surface area contributed by atoms with E-state index in [9.17, 15) is 14.4 Å². The molecule has 6 nitrogen and oxygen atoms in total. The van der Waals surface area contributed by atoms with Crippen molar-refractivity contribution in [3.05, 3.63) is 41.1 Å². The fourth-order valence-electron chi connectivity index (χ4n) is 3.60. The number of amides is 3. The zero-order chi connectivity index (χ0) is 16.8. The molecular formula is C18H17N3O3. The Balaban J connectivity index is 1.88. The monoisotopic (exact) mass is 323 g/mol. The third-order valence-corrected chi connectivity index (χ3v) is 4.76. The summed E-state index contributed by atoms with van der Waals surface area (Å²) in [7, 11) is 0. The Bertz CT molecular complexity index is 890. The van der Waals surface area contributed by atoms with Crippen LogP contribution in [0, 0.1) is 6.92 Å². The average Bonchev–Trinajstić information content (AvgIpc) is 2.71. The van der Waals surface area contributed by atoms with Crippen molar-refractivity contribution in [2.45, 2.75) is 32.2 Å². The number of imide groups is 1. The highest BCUT2D eigenvalue weighted by atomic mass is 16.2. The van der Waals surface area contributed by atoms with Gasteiger partial charge < -0.3 is 5.32 Å². The third kappa shape index (κ3) is 2.02. The van der Waals surface area contributed by atoms with Gasteiger partial charge in [0.15, 0.2) is 0 Å². The van der Waals surface area contributed by atoms with Gasteiger partial charge in [0.2, 0.25) is 5.91 Å². The van der Waals surface area contributed by atoms with Crippen LogP contribution in [-0.2, 0) is 4.79 Å². The van der Waals surface area contributed by atoms with Crippen molar-refractivity contribution < 1.29 is 14.4 Å². The summed E-state index contributed by atoms with van der Waals surface area (Å²) in [5, 5.41) is 3.45. The fraction of sp³-hybridized carbons (Fsp3) is 0.333. The normalized spacial score (nSPS) is 21.0. The molecule has 1 N–H and O–H groups in total. The Morgan fingerprint density at radius 1 is 1.08 bits per heavy atom. The lowest BCUT2D eigenvalue weighted by atomic mass is 10.0. The Kier molecular flexibility index (Phi) is 3.33. The zero-order valence-corrected chi connectivity index (χ0v) is 13.3. The molecule has 1 aromatic carbocycles. The van der Waals surface area contributed by atoms with Crippen LogP contribution in [0.2, 0.25) is 0 Å². The predicted octanol–water partition coefficient (Wildman–Crippen LogP) is 1.81. The van der Waals surface area contributed by atoms with Crippen molar-refractivity contribution in [1.29, 1.82) is 0 Å². The third-order valence-electron chi connectivity index (χ3n) is 4.76. The van der Waals surface area contributed by atoms with Crippen LogP contribution in [-0.4, -0.2) is 40.2 Å². The summed E-state index contributed by atoms with van der Waals surface area (Å²) in [4.78, 5) is 43.8. The number of nitrogens with one attached hydrogen (secondary N) is 1. The first-order valence-corrected chi connectivity index (χ1v) is 8.14. The second kappa shape index (κ2) is 5.40. The summed E-state index contributed by atoms with van der Waals surface area (Å²) in [6.07, 6.45) is 2.16. The van der Waals surface area contributed by atoms with Crippen LogP contribution in [0.4, 0.5) is 0 Å². The standard InChI is InChI=1S/C18H17N3O3/c1-10-14-15(11-6-2-3-7-12(11)20-10)18(24)21(17(14)23)13-8-4-5-9-19-16(13)22/h2-3,6-7,13H,4-5,8-9H2,1H3,(H,19,22). The molecule has 1 aromatic heterocycles. The predicted molar refractivity (Wildman–Crippen MR) is 87.6 cm³/mol. The van der Waals surface area contributed by atoms with Crippen molar-refractivity contribution in [3.63, 3.8) is 0 Å². The van der Waals surface area contributed by atoms with E-state index in [1.807, 2.05) is 18.2 Å². The van der Waals surface area contributed by atoms with E-state index in [1.165, 1.54) is 0 Å². The number of hydrogen-bond acceptors (Lipinski definition) is 4. The minimum Gasteiger partial charge on any atom is -0.354 e. The molecule has 1 unspecified atom stereocenters. The van der Waals surface area contributed by atoms with Crippen LogP contribution < -0.4 is 5.32 Å². The van der Waals surface area contributed by atoms with Gasteiger partial charge in [-0.3, -0.25) is 24.3 Å². The highest BCUT2D eigenvalue weighted by molar-refractivity contribution is 6.27. The average molecular weight is 323 g/mol. The molecule has 3 heterocycles. The number of carbonyl (C=O) groups excluding carboxylic acids is 3. The van der Waals surface area contributed by atoms with Gasteiger partial charge in [-0.2, -0.15) is 0 Å². The first-order valence-electron chi connectivity index (χ1n) is 8.14. The smallest absolute Gasteiger partial charge is 0.264 e. The minimum atomic E-state index is -0.738. The number of benzene rings is 1. The Morgan fingerprint density at radius 3 is 2.67 bits per heavy atom. The summed E-state index contributed by atoms with van der Waals surface area (Å²) < 4.78 is 0. The van der Waals surface area contributed by atoms with E-state index in [0.29, 0.717) is 40.7 Å². The molecule has 0 spiro atoms. The molecule has 2 aliphatic heterocycles. The number of nitrogens with zero attached hydrogens (tertiary/aromatic N) is 2. The van der Waals surface area contributed by atoms with Gasteiger partial charge >= 0.3 is 0 Å². The Morgan fingerprint density at radius 2 is 1.83 bits per heavy atom. The topological polar surface area (TPSA) is 79.4 Å². The lowest BCUT2D eigenvalue weighted by Crippen LogP contribution is -2.48. The molecule has 1 fully saturated rings. The molecule has 0 saturated carbocycles. The van der Waals surface area contributed by atoms with Gasteiger partial charge in [0.1, 0.15) is 6.04 Å². The molecule has 4 rings (SSSR count). The summed E-state index contributed by atoms with van der Waals surface area (Å²) in [6, 6.07) is 6.54. The van der Waals surface area contributed by atoms with Crippen molar-refractivity contribution in [2.24, 2.45) is 0 Å². The molecule has 2 aromatic rings. The molecule has 0 aliphatic carbocycles. The SMILES string of the molecule is Cc1nc2ccccc2c2c1C(=O)N(C1CCCCNC1=O)C2=O. The highest BCUT2D eigenvalue weighted by Crippen LogP contribution is 2.33. The Labute approximate surface area is 138 Å². The maximum absolute atomic E-state index is 13.0. The molecule has 1 atom stereocenters. The number of hydrogen-bond donors (Lipinski definition) is 1. The first-order chi connectivity index (χ1) is 11.6. The zero-order valence-electron chi connectivity index (χ0n) is 13.3. The number of fused-ring (bicyclic) bond motifs is 3. The van der Waals surface area contributed by atoms with Crippen molar-refractivity contribution >= 4 is 28.6 Å². The van der Waals surface area contributed by atoms with Crippen LogP contribution in [0.15, 0.2) is 24.3 Å². The number of carbonyl (C=O) groups is 3. The molecule has 1 saturated heterocycles. The van der Waals surface area contributed by atoms with Gasteiger partial charge in [0.05, 0.1) is 22.3 Å². The molecule has 0 bridgehead atoms. The number of aryl methyl sites for hydroxylation is 1. The lowest BCUT2D eigenvalue weighted by molar-refractivity contribution is -0.124. The molecule has 3 amide bonds. The summed E-state index contributed by atoms with van der Waals surface area (Å²) >= 11 is 0. The van der Waals surface area contributed by atoms with E-state index in [-0.39, 0.29) is 5.91 Å². The molecule has 6 heteroatoms. The number of para-hydroxylation sites is 1. The van der Waals surface area contributed by atoms with Gasteiger partial charge in [-0.05, 0) is 32.3 Å². The molecule has 2 aliphatic rings. The van der Waals surface area contributed by atoms with Gasteiger partial charge in [0, 0.05) is 11.9 Å².